The molecule has 0 saturated carbocycles. The molecule has 8 nitrogen and oxygen atoms in total. The zero-order chi connectivity index (χ0) is 28.6. The Bertz CT molecular complexity index is 1840. The summed E-state index contributed by atoms with van der Waals surface area (Å²) in [6.07, 6.45) is 1.64. The summed E-state index contributed by atoms with van der Waals surface area (Å²) in [5.74, 6) is 1.38. The van der Waals surface area contributed by atoms with Crippen LogP contribution in [-0.4, -0.2) is 31.4 Å². The number of carbonyl (C=O) groups excluding carboxylic acids is 1. The fourth-order valence-electron chi connectivity index (χ4n) is 4.53. The second-order valence-corrected chi connectivity index (χ2v) is 10.5. The van der Waals surface area contributed by atoms with Crippen LogP contribution in [0.25, 0.3) is 17.4 Å². The molecule has 3 heterocycles. The first-order chi connectivity index (χ1) is 19.3. The lowest BCUT2D eigenvalue weighted by Gasteiger charge is -2.25. The van der Waals surface area contributed by atoms with E-state index in [1.54, 1.807) is 68.5 Å². The van der Waals surface area contributed by atoms with Crippen molar-refractivity contribution in [3.05, 3.63) is 101 Å². The van der Waals surface area contributed by atoms with E-state index in [1.807, 2.05) is 0 Å². The van der Waals surface area contributed by atoms with E-state index >= 15 is 0 Å². The van der Waals surface area contributed by atoms with Gasteiger partial charge in [-0.05, 0) is 55.8 Å². The highest BCUT2D eigenvalue weighted by atomic mass is 35.5. The third-order valence-corrected chi connectivity index (χ3v) is 8.16. The number of hydrogen-bond donors (Lipinski definition) is 0. The van der Waals surface area contributed by atoms with Crippen LogP contribution in [0.4, 0.5) is 0 Å². The van der Waals surface area contributed by atoms with Crippen LogP contribution < -0.4 is 24.4 Å². The van der Waals surface area contributed by atoms with Crippen molar-refractivity contribution in [2.24, 2.45) is 4.99 Å². The molecular weight excluding hydrogens is 575 g/mol. The number of nitrogens with zero attached hydrogens (tertiary/aromatic N) is 2. The molecule has 1 aliphatic rings. The van der Waals surface area contributed by atoms with Crippen LogP contribution in [0.15, 0.2) is 74.0 Å². The summed E-state index contributed by atoms with van der Waals surface area (Å²) in [5, 5.41) is 0.787. The number of ether oxygens (including phenoxy) is 3. The fourth-order valence-corrected chi connectivity index (χ4v) is 5.95. The van der Waals surface area contributed by atoms with Gasteiger partial charge in [0.2, 0.25) is 0 Å². The Balaban J connectivity index is 1.66. The average molecular weight is 599 g/mol. The minimum Gasteiger partial charge on any atom is -0.493 e. The van der Waals surface area contributed by atoms with Crippen molar-refractivity contribution in [1.82, 2.24) is 4.57 Å². The number of esters is 1. The molecule has 5 rings (SSSR count). The standard InChI is InChI=1S/C29H24Cl2N2O6S/c1-5-38-28(35)24-15(2)32-29-33(26(24)16-9-11-21(36-3)22(13-16)37-4)27(34)23(40-29)14-17-10-12-20(39-17)18-7-6-8-19(30)25(18)31/h6-14,26H,5H2,1-4H3/b23-14-/t26-/m1/s1. The molecule has 0 unspecified atom stereocenters. The number of rotatable bonds is 7. The normalized spacial score (nSPS) is 15.1. The number of aromatic nitrogens is 1. The molecule has 1 atom stereocenters. The van der Waals surface area contributed by atoms with Crippen LogP contribution in [0, 0.1) is 0 Å². The first-order valence-electron chi connectivity index (χ1n) is 12.2. The molecule has 0 bridgehead atoms. The van der Waals surface area contributed by atoms with Crippen molar-refractivity contribution in [1.29, 1.82) is 0 Å². The first kappa shape index (κ1) is 27.8. The molecule has 0 amide bonds. The van der Waals surface area contributed by atoms with Gasteiger partial charge in [-0.2, -0.15) is 0 Å². The van der Waals surface area contributed by atoms with Gasteiger partial charge in [-0.1, -0.05) is 46.7 Å². The second-order valence-electron chi connectivity index (χ2n) is 8.72. The largest absolute Gasteiger partial charge is 0.493 e. The molecule has 1 aliphatic heterocycles. The quantitative estimate of drug-likeness (QED) is 0.265. The van der Waals surface area contributed by atoms with E-state index in [9.17, 15) is 9.59 Å². The summed E-state index contributed by atoms with van der Waals surface area (Å²) in [4.78, 5) is 32.0. The maximum Gasteiger partial charge on any atom is 0.338 e. The lowest BCUT2D eigenvalue weighted by atomic mass is 9.95. The third-order valence-electron chi connectivity index (χ3n) is 6.36. The highest BCUT2D eigenvalue weighted by Gasteiger charge is 2.34. The van der Waals surface area contributed by atoms with Crippen LogP contribution in [0.2, 0.25) is 10.0 Å². The van der Waals surface area contributed by atoms with E-state index in [-0.39, 0.29) is 17.7 Å². The third kappa shape index (κ3) is 4.96. The second kappa shape index (κ2) is 11.4. The number of allylic oxidation sites excluding steroid dienone is 1. The Kier molecular flexibility index (Phi) is 7.89. The zero-order valence-corrected chi connectivity index (χ0v) is 24.3. The SMILES string of the molecule is CCOC(=O)C1=C(C)N=c2s/c(=C\c3ccc(-c4cccc(Cl)c4Cl)o3)c(=O)n2[C@@H]1c1ccc(OC)c(OC)c1. The number of fused-ring (bicyclic) bond motifs is 1. The van der Waals surface area contributed by atoms with E-state index in [0.29, 0.717) is 59.2 Å². The highest BCUT2D eigenvalue weighted by Crippen LogP contribution is 2.36. The number of hydrogen-bond acceptors (Lipinski definition) is 8. The number of furan rings is 1. The van der Waals surface area contributed by atoms with Gasteiger partial charge in [-0.15, -0.1) is 0 Å². The number of thiazole rings is 1. The molecular formula is C29H24Cl2N2O6S. The molecule has 4 aromatic rings. The number of methoxy groups -OCH3 is 2. The van der Waals surface area contributed by atoms with E-state index in [0.717, 1.165) is 0 Å². The molecule has 0 saturated heterocycles. The van der Waals surface area contributed by atoms with E-state index in [2.05, 4.69) is 4.99 Å². The molecule has 0 radical (unpaired) electrons. The summed E-state index contributed by atoms with van der Waals surface area (Å²) in [6, 6.07) is 13.2. The van der Waals surface area contributed by atoms with E-state index in [4.69, 9.17) is 41.8 Å². The van der Waals surface area contributed by atoms with Crippen molar-refractivity contribution in [2.45, 2.75) is 19.9 Å². The van der Waals surface area contributed by atoms with Gasteiger partial charge in [-0.3, -0.25) is 9.36 Å². The van der Waals surface area contributed by atoms with Gasteiger partial charge in [0.05, 0.1) is 52.7 Å². The van der Waals surface area contributed by atoms with Gasteiger partial charge in [0, 0.05) is 11.6 Å². The molecule has 11 heteroatoms. The predicted octanol–water partition coefficient (Wildman–Crippen LogP) is 5.38. The van der Waals surface area contributed by atoms with Gasteiger partial charge in [0.25, 0.3) is 5.56 Å². The molecule has 2 aromatic carbocycles. The first-order valence-corrected chi connectivity index (χ1v) is 13.8. The Hall–Kier alpha value is -3.79. The molecule has 0 aliphatic carbocycles. The van der Waals surface area contributed by atoms with Gasteiger partial charge < -0.3 is 18.6 Å². The Morgan fingerprint density at radius 1 is 1.12 bits per heavy atom. The maximum absolute atomic E-state index is 13.9. The van der Waals surface area contributed by atoms with Gasteiger partial charge in [-0.25, -0.2) is 9.79 Å². The average Bonchev–Trinajstić information content (AvgIpc) is 3.53. The smallest absolute Gasteiger partial charge is 0.338 e. The summed E-state index contributed by atoms with van der Waals surface area (Å²) >= 11 is 13.7. The van der Waals surface area contributed by atoms with Gasteiger partial charge in [0.15, 0.2) is 16.3 Å². The minimum absolute atomic E-state index is 0.177. The van der Waals surface area contributed by atoms with Crippen LogP contribution in [0.1, 0.15) is 31.2 Å². The molecule has 0 N–H and O–H groups in total. The number of benzene rings is 2. The van der Waals surface area contributed by atoms with E-state index in [1.165, 1.54) is 30.1 Å². The Morgan fingerprint density at radius 3 is 2.62 bits per heavy atom. The fraction of sp³-hybridized carbons (Fsp3) is 0.207. The van der Waals surface area contributed by atoms with Crippen molar-refractivity contribution >= 4 is 46.6 Å². The maximum atomic E-state index is 13.9. The predicted molar refractivity (Wildman–Crippen MR) is 154 cm³/mol. The molecule has 2 aromatic heterocycles. The Labute approximate surface area is 243 Å². The summed E-state index contributed by atoms with van der Waals surface area (Å²) in [6.45, 7) is 3.63. The Morgan fingerprint density at radius 2 is 1.90 bits per heavy atom. The molecule has 0 spiro atoms. The zero-order valence-electron chi connectivity index (χ0n) is 22.0. The van der Waals surface area contributed by atoms with Crippen LogP contribution >= 0.6 is 34.5 Å². The van der Waals surface area contributed by atoms with Gasteiger partial charge in [0.1, 0.15) is 11.5 Å². The monoisotopic (exact) mass is 598 g/mol. The number of halogens is 2. The van der Waals surface area contributed by atoms with Crippen LogP contribution in [0.3, 0.4) is 0 Å². The molecule has 206 valence electrons. The van der Waals surface area contributed by atoms with Crippen molar-refractivity contribution in [3.63, 3.8) is 0 Å². The topological polar surface area (TPSA) is 92.3 Å². The summed E-state index contributed by atoms with van der Waals surface area (Å²) in [5.41, 5.74) is 1.67. The van der Waals surface area contributed by atoms with Crippen LogP contribution in [-0.2, 0) is 9.53 Å². The highest BCUT2D eigenvalue weighted by molar-refractivity contribution is 7.07. The van der Waals surface area contributed by atoms with Crippen molar-refractivity contribution in [2.75, 3.05) is 20.8 Å². The minimum atomic E-state index is -0.797. The molecule has 0 fully saturated rings. The van der Waals surface area contributed by atoms with Crippen LogP contribution in [0.5, 0.6) is 11.5 Å². The lowest BCUT2D eigenvalue weighted by Crippen LogP contribution is -2.39. The van der Waals surface area contributed by atoms with Crippen molar-refractivity contribution < 1.29 is 23.4 Å². The molecule has 40 heavy (non-hydrogen) atoms. The lowest BCUT2D eigenvalue weighted by molar-refractivity contribution is -0.139. The van der Waals surface area contributed by atoms with E-state index < -0.39 is 12.0 Å². The van der Waals surface area contributed by atoms with Crippen molar-refractivity contribution in [3.8, 4) is 22.8 Å². The van der Waals surface area contributed by atoms with Gasteiger partial charge >= 0.3 is 5.97 Å². The summed E-state index contributed by atoms with van der Waals surface area (Å²) < 4.78 is 24.1. The summed E-state index contributed by atoms with van der Waals surface area (Å²) in [7, 11) is 3.06. The number of carbonyl (C=O) groups is 1.